The summed E-state index contributed by atoms with van der Waals surface area (Å²) in [7, 11) is 1.89. The number of likely N-dealkylation sites (N-methyl/N-ethyl adjacent to an activating group) is 1. The average Bonchev–Trinajstić information content (AvgIpc) is 2.86. The van der Waals surface area contributed by atoms with Crippen molar-refractivity contribution in [3.8, 4) is 0 Å². The number of furan rings is 1. The summed E-state index contributed by atoms with van der Waals surface area (Å²) < 4.78 is 18.2. The number of rotatable bonds is 5. The van der Waals surface area contributed by atoms with Crippen molar-refractivity contribution in [3.05, 3.63) is 53.2 Å². The van der Waals surface area contributed by atoms with Crippen LogP contribution in [0.15, 0.2) is 41.0 Å². The number of halogens is 2. The van der Waals surface area contributed by atoms with Gasteiger partial charge in [-0.2, -0.15) is 0 Å². The Labute approximate surface area is 121 Å². The Morgan fingerprint density at radius 1 is 1.45 bits per heavy atom. The van der Waals surface area contributed by atoms with E-state index in [4.69, 9.17) is 16.0 Å². The van der Waals surface area contributed by atoms with E-state index < -0.39 is 5.82 Å². The Morgan fingerprint density at radius 3 is 2.90 bits per heavy atom. The molecule has 0 aliphatic carbocycles. The Hall–Kier alpha value is -1.85. The fourth-order valence-corrected chi connectivity index (χ4v) is 2.01. The maximum atomic E-state index is 13.0. The molecule has 1 atom stereocenters. The number of quaternary nitrogens is 1. The molecule has 2 N–H and O–H groups in total. The molecule has 4 nitrogen and oxygen atoms in total. The van der Waals surface area contributed by atoms with E-state index in [-0.39, 0.29) is 17.5 Å². The molecule has 0 bridgehead atoms. The second kappa shape index (κ2) is 6.54. The van der Waals surface area contributed by atoms with Gasteiger partial charge in [-0.25, -0.2) is 4.39 Å². The predicted octanol–water partition coefficient (Wildman–Crippen LogP) is 1.73. The summed E-state index contributed by atoms with van der Waals surface area (Å²) in [6, 6.07) is 7.75. The Balaban J connectivity index is 1.87. The van der Waals surface area contributed by atoms with Gasteiger partial charge in [0.2, 0.25) is 0 Å². The molecule has 0 aliphatic rings. The zero-order valence-electron chi connectivity index (χ0n) is 11.0. The van der Waals surface area contributed by atoms with Crippen molar-refractivity contribution >= 4 is 23.2 Å². The van der Waals surface area contributed by atoms with Crippen molar-refractivity contribution < 1.29 is 18.5 Å². The minimum Gasteiger partial charge on any atom is -0.463 e. The topological polar surface area (TPSA) is 46.7 Å². The van der Waals surface area contributed by atoms with E-state index >= 15 is 0 Å². The summed E-state index contributed by atoms with van der Waals surface area (Å²) in [6.07, 6.45) is 1.60. The molecule has 106 valence electrons. The van der Waals surface area contributed by atoms with Crippen LogP contribution in [0.4, 0.5) is 10.1 Å². The summed E-state index contributed by atoms with van der Waals surface area (Å²) in [5.41, 5.74) is 0.479. The van der Waals surface area contributed by atoms with E-state index in [1.807, 2.05) is 19.2 Å². The monoisotopic (exact) mass is 297 g/mol. The van der Waals surface area contributed by atoms with Crippen LogP contribution >= 0.6 is 11.6 Å². The minimum atomic E-state index is -0.509. The molecule has 2 aromatic rings. The lowest BCUT2D eigenvalue weighted by Gasteiger charge is -2.12. The highest BCUT2D eigenvalue weighted by Gasteiger charge is 2.12. The quantitative estimate of drug-likeness (QED) is 0.883. The number of anilines is 1. The van der Waals surface area contributed by atoms with Gasteiger partial charge in [0, 0.05) is 5.69 Å². The highest BCUT2D eigenvalue weighted by atomic mass is 35.5. The average molecular weight is 298 g/mol. The first-order valence-electron chi connectivity index (χ1n) is 6.13. The number of hydrogen-bond acceptors (Lipinski definition) is 2. The summed E-state index contributed by atoms with van der Waals surface area (Å²) in [5, 5.41) is 2.66. The van der Waals surface area contributed by atoms with Crippen LogP contribution in [0.2, 0.25) is 5.02 Å². The van der Waals surface area contributed by atoms with Crippen LogP contribution in [0.1, 0.15) is 5.76 Å². The molecule has 1 heterocycles. The first kappa shape index (κ1) is 14.6. The van der Waals surface area contributed by atoms with Gasteiger partial charge in [0.1, 0.15) is 12.4 Å². The van der Waals surface area contributed by atoms with E-state index in [1.54, 1.807) is 6.26 Å². The third-order valence-corrected chi connectivity index (χ3v) is 3.01. The maximum absolute atomic E-state index is 13.0. The number of benzene rings is 1. The third kappa shape index (κ3) is 4.08. The van der Waals surface area contributed by atoms with Crippen LogP contribution in [0, 0.1) is 5.82 Å². The fourth-order valence-electron chi connectivity index (χ4n) is 1.83. The number of nitrogens with one attached hydrogen (secondary N) is 2. The molecule has 1 aromatic carbocycles. The second-order valence-corrected chi connectivity index (χ2v) is 4.97. The number of carbonyl (C=O) groups is 1. The Bertz CT molecular complexity index is 587. The third-order valence-electron chi connectivity index (χ3n) is 2.72. The van der Waals surface area contributed by atoms with E-state index in [0.29, 0.717) is 12.2 Å². The Kier molecular flexibility index (Phi) is 4.76. The van der Waals surface area contributed by atoms with Gasteiger partial charge in [0.15, 0.2) is 12.3 Å². The fraction of sp³-hybridized carbons (Fsp3) is 0.214. The van der Waals surface area contributed by atoms with Crippen LogP contribution in [-0.4, -0.2) is 19.5 Å². The van der Waals surface area contributed by atoms with Gasteiger partial charge < -0.3 is 14.6 Å². The molecular weight excluding hydrogens is 283 g/mol. The van der Waals surface area contributed by atoms with Crippen molar-refractivity contribution in [1.29, 1.82) is 0 Å². The zero-order valence-corrected chi connectivity index (χ0v) is 11.7. The number of amides is 1. The molecule has 0 saturated heterocycles. The molecule has 1 unspecified atom stereocenters. The van der Waals surface area contributed by atoms with Crippen LogP contribution < -0.4 is 10.2 Å². The van der Waals surface area contributed by atoms with Gasteiger partial charge in [-0.1, -0.05) is 11.6 Å². The summed E-state index contributed by atoms with van der Waals surface area (Å²) in [5.74, 6) is 0.141. The largest absolute Gasteiger partial charge is 0.463 e. The zero-order chi connectivity index (χ0) is 14.5. The summed E-state index contributed by atoms with van der Waals surface area (Å²) in [6.45, 7) is 0.889. The number of hydrogen-bond donors (Lipinski definition) is 2. The molecule has 20 heavy (non-hydrogen) atoms. The van der Waals surface area contributed by atoms with Crippen molar-refractivity contribution in [2.45, 2.75) is 6.54 Å². The summed E-state index contributed by atoms with van der Waals surface area (Å²) >= 11 is 5.65. The molecule has 1 amide bonds. The smallest absolute Gasteiger partial charge is 0.279 e. The first-order chi connectivity index (χ1) is 9.54. The first-order valence-corrected chi connectivity index (χ1v) is 6.51. The van der Waals surface area contributed by atoms with Crippen LogP contribution in [-0.2, 0) is 11.3 Å². The lowest BCUT2D eigenvalue weighted by molar-refractivity contribution is -0.886. The molecule has 2 rings (SSSR count). The van der Waals surface area contributed by atoms with Crippen LogP contribution in [0.25, 0.3) is 0 Å². The molecular formula is C14H15ClFN2O2+. The van der Waals surface area contributed by atoms with Gasteiger partial charge in [0.05, 0.1) is 18.3 Å². The maximum Gasteiger partial charge on any atom is 0.279 e. The lowest BCUT2D eigenvalue weighted by atomic mass is 10.3. The van der Waals surface area contributed by atoms with E-state index in [1.165, 1.54) is 18.2 Å². The normalized spacial score (nSPS) is 12.2. The highest BCUT2D eigenvalue weighted by molar-refractivity contribution is 6.31. The number of carbonyl (C=O) groups excluding carboxylic acids is 1. The van der Waals surface area contributed by atoms with Crippen molar-refractivity contribution in [1.82, 2.24) is 0 Å². The van der Waals surface area contributed by atoms with Gasteiger partial charge in [-0.3, -0.25) is 4.79 Å². The molecule has 1 aromatic heterocycles. The van der Waals surface area contributed by atoms with Gasteiger partial charge in [-0.15, -0.1) is 0 Å². The highest BCUT2D eigenvalue weighted by Crippen LogP contribution is 2.18. The SMILES string of the molecule is C[NH+](CC(=O)Nc1ccc(F)c(Cl)c1)Cc1ccco1. The Morgan fingerprint density at radius 2 is 2.25 bits per heavy atom. The predicted molar refractivity (Wildman–Crippen MR) is 74.2 cm³/mol. The second-order valence-electron chi connectivity index (χ2n) is 4.57. The molecule has 0 saturated carbocycles. The van der Waals surface area contributed by atoms with Crippen molar-refractivity contribution in [3.63, 3.8) is 0 Å². The van der Waals surface area contributed by atoms with E-state index in [2.05, 4.69) is 5.32 Å². The van der Waals surface area contributed by atoms with Gasteiger partial charge in [0.25, 0.3) is 5.91 Å². The molecule has 0 fully saturated rings. The minimum absolute atomic E-state index is 0.0147. The lowest BCUT2D eigenvalue weighted by Crippen LogP contribution is -3.08. The molecule has 0 radical (unpaired) electrons. The molecule has 0 spiro atoms. The van der Waals surface area contributed by atoms with Crippen molar-refractivity contribution in [2.24, 2.45) is 0 Å². The van der Waals surface area contributed by atoms with Crippen LogP contribution in [0.3, 0.4) is 0 Å². The summed E-state index contributed by atoms with van der Waals surface area (Å²) in [4.78, 5) is 12.8. The van der Waals surface area contributed by atoms with Crippen LogP contribution in [0.5, 0.6) is 0 Å². The molecule has 0 aliphatic heterocycles. The standard InChI is InChI=1S/C14H14ClFN2O2/c1-18(8-11-3-2-6-20-11)9-14(19)17-10-4-5-13(16)12(15)7-10/h2-7H,8-9H2,1H3,(H,17,19)/p+1. The van der Waals surface area contributed by atoms with E-state index in [9.17, 15) is 9.18 Å². The van der Waals surface area contributed by atoms with Gasteiger partial charge >= 0.3 is 0 Å². The van der Waals surface area contributed by atoms with Crippen molar-refractivity contribution in [2.75, 3.05) is 18.9 Å². The van der Waals surface area contributed by atoms with Gasteiger partial charge in [-0.05, 0) is 30.3 Å². The van der Waals surface area contributed by atoms with E-state index in [0.717, 1.165) is 10.7 Å². The molecule has 6 heteroatoms.